The third-order valence-corrected chi connectivity index (χ3v) is 7.80. The van der Waals surface area contributed by atoms with Crippen LogP contribution in [0.3, 0.4) is 0 Å². The predicted octanol–water partition coefficient (Wildman–Crippen LogP) is 3.68. The molecule has 2 atom stereocenters. The van der Waals surface area contributed by atoms with E-state index in [4.69, 9.17) is 17.6 Å². The Hall–Kier alpha value is -2.74. The van der Waals surface area contributed by atoms with Crippen molar-refractivity contribution in [1.29, 1.82) is 0 Å². The second kappa shape index (κ2) is 12.0. The highest BCUT2D eigenvalue weighted by atomic mass is 16.5. The minimum absolute atomic E-state index is 0.0242. The summed E-state index contributed by atoms with van der Waals surface area (Å²) in [6, 6.07) is 8.28. The first-order valence-corrected chi connectivity index (χ1v) is 13.5. The number of aliphatic imine (C=N–C) groups is 1. The van der Waals surface area contributed by atoms with Crippen molar-refractivity contribution in [2.75, 3.05) is 32.1 Å². The van der Waals surface area contributed by atoms with Crippen molar-refractivity contribution in [3.05, 3.63) is 51.9 Å². The standard InChI is InChI=1S/C28H40BN5O2/c1-5-18(6-2)17-36-21-10-8-19(9-11-21)22(7-3)25-24-26(23(29)16-30-27(24)35)33-28(32-25)31-20-12-14-34(4)15-13-20/h8-11,16,18,20,22,25H,5-7,12-15,17H2,1-4H3,(H,30,35)(H2,31,32,33). The maximum Gasteiger partial charge on any atom is 0.255 e. The van der Waals surface area contributed by atoms with Gasteiger partial charge >= 0.3 is 0 Å². The summed E-state index contributed by atoms with van der Waals surface area (Å²) in [6.45, 7) is 9.38. The number of rotatable bonds is 9. The fraction of sp³-hybridized carbons (Fsp3) is 0.571. The van der Waals surface area contributed by atoms with Gasteiger partial charge in [0.25, 0.3) is 5.56 Å². The minimum atomic E-state index is -0.344. The average Bonchev–Trinajstić information content (AvgIpc) is 2.89. The molecule has 2 unspecified atom stereocenters. The Bertz CT molecular complexity index is 1090. The van der Waals surface area contributed by atoms with Crippen molar-refractivity contribution >= 4 is 25.0 Å². The second-order valence-corrected chi connectivity index (χ2v) is 10.2. The monoisotopic (exact) mass is 489 g/mol. The number of aromatic amines is 1. The largest absolute Gasteiger partial charge is 0.493 e. The van der Waals surface area contributed by atoms with Gasteiger partial charge in [0, 0.05) is 17.6 Å². The number of nitrogens with zero attached hydrogens (tertiary/aromatic N) is 2. The Morgan fingerprint density at radius 2 is 1.83 bits per heavy atom. The molecule has 1 fully saturated rings. The number of likely N-dealkylation sites (tertiary alicyclic amines) is 1. The van der Waals surface area contributed by atoms with Crippen LogP contribution < -0.4 is 26.4 Å². The zero-order valence-corrected chi connectivity index (χ0v) is 22.1. The fourth-order valence-corrected chi connectivity index (χ4v) is 5.24. The normalized spacial score (nSPS) is 19.4. The van der Waals surface area contributed by atoms with Crippen LogP contribution in [-0.4, -0.2) is 56.5 Å². The van der Waals surface area contributed by atoms with E-state index in [0.29, 0.717) is 34.6 Å². The third-order valence-electron chi connectivity index (χ3n) is 7.80. The SMILES string of the molecule is [B]c1c[nH]c(=O)c2c1NC(NC1CCN(C)CC1)=NC2C(CC)c1ccc(OCC(CC)CC)cc1. The van der Waals surface area contributed by atoms with Gasteiger partial charge in [-0.3, -0.25) is 4.79 Å². The van der Waals surface area contributed by atoms with Crippen molar-refractivity contribution in [2.24, 2.45) is 10.9 Å². The fourth-order valence-electron chi connectivity index (χ4n) is 5.24. The Kier molecular flexibility index (Phi) is 8.78. The summed E-state index contributed by atoms with van der Waals surface area (Å²) in [7, 11) is 8.48. The highest BCUT2D eigenvalue weighted by molar-refractivity contribution is 6.36. The number of benzene rings is 1. The molecule has 2 radical (unpaired) electrons. The van der Waals surface area contributed by atoms with Gasteiger partial charge in [-0.1, -0.05) is 51.2 Å². The van der Waals surface area contributed by atoms with Gasteiger partial charge in [0.1, 0.15) is 13.6 Å². The average molecular weight is 489 g/mol. The lowest BCUT2D eigenvalue weighted by atomic mass is 9.82. The maximum absolute atomic E-state index is 13.0. The summed E-state index contributed by atoms with van der Waals surface area (Å²) in [5, 5.41) is 6.93. The van der Waals surface area contributed by atoms with Crippen molar-refractivity contribution in [1.82, 2.24) is 15.2 Å². The molecule has 0 amide bonds. The minimum Gasteiger partial charge on any atom is -0.493 e. The molecule has 4 rings (SSSR count). The topological polar surface area (TPSA) is 81.8 Å². The number of anilines is 1. The van der Waals surface area contributed by atoms with Crippen LogP contribution in [0.15, 0.2) is 40.2 Å². The first-order chi connectivity index (χ1) is 17.4. The predicted molar refractivity (Wildman–Crippen MR) is 149 cm³/mol. The lowest BCUT2D eigenvalue weighted by Crippen LogP contribution is -2.48. The number of nitrogens with one attached hydrogen (secondary N) is 3. The molecular formula is C28H40BN5O2. The Balaban J connectivity index is 1.60. The summed E-state index contributed by atoms with van der Waals surface area (Å²) in [5.41, 5.74) is 2.77. The molecule has 36 heavy (non-hydrogen) atoms. The van der Waals surface area contributed by atoms with Crippen molar-refractivity contribution in [3.63, 3.8) is 0 Å². The molecule has 192 valence electrons. The molecule has 2 aromatic rings. The van der Waals surface area contributed by atoms with Crippen molar-refractivity contribution < 1.29 is 4.74 Å². The zero-order chi connectivity index (χ0) is 25.7. The summed E-state index contributed by atoms with van der Waals surface area (Å²) in [5.74, 6) is 2.17. The van der Waals surface area contributed by atoms with Gasteiger partial charge in [-0.2, -0.15) is 0 Å². The van der Waals surface area contributed by atoms with E-state index in [9.17, 15) is 4.79 Å². The summed E-state index contributed by atoms with van der Waals surface area (Å²) in [4.78, 5) is 23.2. The Morgan fingerprint density at radius 3 is 2.47 bits per heavy atom. The molecule has 0 aliphatic carbocycles. The van der Waals surface area contributed by atoms with Crippen LogP contribution in [0.1, 0.15) is 76.0 Å². The Morgan fingerprint density at radius 1 is 1.14 bits per heavy atom. The van der Waals surface area contributed by atoms with Crippen LogP contribution in [0.25, 0.3) is 0 Å². The number of ether oxygens (including phenoxy) is 1. The molecular weight excluding hydrogens is 449 g/mol. The van der Waals surface area contributed by atoms with E-state index in [2.05, 4.69) is 60.5 Å². The molecule has 2 aliphatic rings. The Labute approximate surface area is 216 Å². The van der Waals surface area contributed by atoms with Crippen LogP contribution in [0.4, 0.5) is 5.69 Å². The molecule has 3 N–H and O–H groups in total. The van der Waals surface area contributed by atoms with Crippen molar-refractivity contribution in [3.8, 4) is 5.75 Å². The number of pyridine rings is 1. The van der Waals surface area contributed by atoms with Crippen molar-refractivity contribution in [2.45, 2.75) is 70.9 Å². The van der Waals surface area contributed by atoms with E-state index in [-0.39, 0.29) is 17.5 Å². The van der Waals surface area contributed by atoms with E-state index in [1.807, 2.05) is 12.1 Å². The van der Waals surface area contributed by atoms with Crippen LogP contribution in [0.5, 0.6) is 5.75 Å². The molecule has 1 aromatic heterocycles. The highest BCUT2D eigenvalue weighted by Crippen LogP contribution is 2.40. The van der Waals surface area contributed by atoms with E-state index in [1.165, 1.54) is 0 Å². The van der Waals surface area contributed by atoms with E-state index >= 15 is 0 Å². The number of H-pyrrole nitrogens is 1. The molecule has 7 nitrogen and oxygen atoms in total. The van der Waals surface area contributed by atoms with Gasteiger partial charge < -0.3 is 25.3 Å². The van der Waals surface area contributed by atoms with Crippen LogP contribution >= 0.6 is 0 Å². The van der Waals surface area contributed by atoms with Gasteiger partial charge in [-0.15, -0.1) is 0 Å². The summed E-state index contributed by atoms with van der Waals surface area (Å²) in [6.07, 6.45) is 6.73. The number of hydrogen-bond acceptors (Lipinski definition) is 6. The number of hydrogen-bond donors (Lipinski definition) is 3. The van der Waals surface area contributed by atoms with E-state index in [1.54, 1.807) is 6.20 Å². The highest BCUT2D eigenvalue weighted by Gasteiger charge is 2.33. The van der Waals surface area contributed by atoms with Gasteiger partial charge in [0.2, 0.25) is 0 Å². The summed E-state index contributed by atoms with van der Waals surface area (Å²) >= 11 is 0. The zero-order valence-electron chi connectivity index (χ0n) is 22.1. The smallest absolute Gasteiger partial charge is 0.255 e. The number of guanidine groups is 1. The van der Waals surface area contributed by atoms with E-state index < -0.39 is 0 Å². The second-order valence-electron chi connectivity index (χ2n) is 10.2. The molecule has 0 bridgehead atoms. The molecule has 3 heterocycles. The maximum atomic E-state index is 13.0. The molecule has 0 spiro atoms. The van der Waals surface area contributed by atoms with Crippen LogP contribution in [0.2, 0.25) is 0 Å². The molecule has 8 heteroatoms. The lowest BCUT2D eigenvalue weighted by Gasteiger charge is -2.34. The third kappa shape index (κ3) is 5.97. The first kappa shape index (κ1) is 26.3. The lowest BCUT2D eigenvalue weighted by molar-refractivity contribution is 0.240. The quantitative estimate of drug-likeness (QED) is 0.469. The van der Waals surface area contributed by atoms with Crippen LogP contribution in [-0.2, 0) is 0 Å². The van der Waals surface area contributed by atoms with Gasteiger partial charge in [-0.05, 0) is 69.2 Å². The molecule has 2 aliphatic heterocycles. The van der Waals surface area contributed by atoms with Gasteiger partial charge in [0.05, 0.1) is 18.2 Å². The van der Waals surface area contributed by atoms with Gasteiger partial charge in [-0.25, -0.2) is 4.99 Å². The number of fused-ring (bicyclic) bond motifs is 1. The molecule has 0 saturated carbocycles. The number of piperidine rings is 1. The van der Waals surface area contributed by atoms with E-state index in [0.717, 1.165) is 63.1 Å². The van der Waals surface area contributed by atoms with Gasteiger partial charge in [0.15, 0.2) is 5.96 Å². The number of aromatic nitrogens is 1. The molecule has 1 saturated heterocycles. The molecule has 1 aromatic carbocycles. The summed E-state index contributed by atoms with van der Waals surface area (Å²) < 4.78 is 6.04. The van der Waals surface area contributed by atoms with Crippen LogP contribution in [0, 0.1) is 5.92 Å². The first-order valence-electron chi connectivity index (χ1n) is 13.5.